The number of carbonyl (C=O) groups is 1. The van der Waals surface area contributed by atoms with Gasteiger partial charge in [0.2, 0.25) is 11.7 Å². The van der Waals surface area contributed by atoms with Gasteiger partial charge in [0.15, 0.2) is 17.3 Å². The van der Waals surface area contributed by atoms with E-state index in [0.29, 0.717) is 36.0 Å². The second-order valence-corrected chi connectivity index (χ2v) is 8.78. The summed E-state index contributed by atoms with van der Waals surface area (Å²) in [6.07, 6.45) is 2.56. The largest absolute Gasteiger partial charge is 0.493 e. The van der Waals surface area contributed by atoms with Crippen LogP contribution in [0.2, 0.25) is 0 Å². The van der Waals surface area contributed by atoms with Crippen molar-refractivity contribution >= 4 is 11.7 Å². The van der Waals surface area contributed by atoms with E-state index in [1.807, 2.05) is 12.1 Å². The lowest BCUT2D eigenvalue weighted by Gasteiger charge is -2.35. The van der Waals surface area contributed by atoms with Crippen molar-refractivity contribution in [1.29, 1.82) is 0 Å². The topological polar surface area (TPSA) is 87.5 Å². The van der Waals surface area contributed by atoms with Gasteiger partial charge in [-0.25, -0.2) is 4.68 Å². The predicted molar refractivity (Wildman–Crippen MR) is 128 cm³/mol. The number of aryl methyl sites for hydroxylation is 2. The number of allylic oxidation sites excluding steroid dienone is 2. The number of hydrogen-bond donors (Lipinski definition) is 1. The van der Waals surface area contributed by atoms with Crippen LogP contribution < -0.4 is 19.5 Å². The minimum absolute atomic E-state index is 0.0395. The van der Waals surface area contributed by atoms with E-state index in [9.17, 15) is 4.79 Å². The molecule has 0 saturated heterocycles. The van der Waals surface area contributed by atoms with Crippen LogP contribution >= 0.6 is 0 Å². The highest BCUT2D eigenvalue weighted by atomic mass is 16.5. The number of anilines is 1. The summed E-state index contributed by atoms with van der Waals surface area (Å²) in [5, 5.41) is 7.82. The average Bonchev–Trinajstić information content (AvgIpc) is 3.31. The van der Waals surface area contributed by atoms with Crippen LogP contribution in [0.15, 0.2) is 47.9 Å². The third-order valence-corrected chi connectivity index (χ3v) is 6.87. The van der Waals surface area contributed by atoms with E-state index in [1.54, 1.807) is 26.0 Å². The van der Waals surface area contributed by atoms with Gasteiger partial charge in [0, 0.05) is 17.7 Å². The maximum Gasteiger partial charge on any atom is 0.226 e. The van der Waals surface area contributed by atoms with E-state index in [2.05, 4.69) is 47.4 Å². The van der Waals surface area contributed by atoms with E-state index in [4.69, 9.17) is 14.2 Å². The molecule has 0 radical (unpaired) electrons. The molecule has 2 aliphatic rings. The molecule has 0 bridgehead atoms. The monoisotopic (exact) mass is 460 g/mol. The third-order valence-electron chi connectivity index (χ3n) is 6.87. The number of benzene rings is 2. The summed E-state index contributed by atoms with van der Waals surface area (Å²) in [6.45, 7) is 4.17. The molecule has 1 aliphatic carbocycles. The molecule has 8 heteroatoms. The first-order valence-corrected chi connectivity index (χ1v) is 11.2. The number of carbonyl (C=O) groups excluding carboxylic acids is 1. The van der Waals surface area contributed by atoms with E-state index < -0.39 is 0 Å². The Morgan fingerprint density at radius 2 is 1.68 bits per heavy atom. The summed E-state index contributed by atoms with van der Waals surface area (Å²) < 4.78 is 18.3. The molecule has 0 spiro atoms. The standard InChI is InChI=1S/C26H28N4O4/c1-14-6-7-16(8-15(14)2)24-23-19(29-26-27-13-28-30(24)26)9-17(10-20(23)31)18-11-21(32-3)25(34-5)22(12-18)33-4/h6-8,11-13,17,24H,9-10H2,1-5H3,(H,27,28,29)/t17-,24-/m0/s1. The van der Waals surface area contributed by atoms with Gasteiger partial charge >= 0.3 is 0 Å². The van der Waals surface area contributed by atoms with Crippen LogP contribution in [-0.2, 0) is 4.79 Å². The molecule has 34 heavy (non-hydrogen) atoms. The Kier molecular flexibility index (Phi) is 5.51. The van der Waals surface area contributed by atoms with Crippen molar-refractivity contribution in [2.75, 3.05) is 26.6 Å². The first-order valence-electron chi connectivity index (χ1n) is 11.2. The number of ether oxygens (including phenoxy) is 3. The minimum atomic E-state index is -0.304. The fourth-order valence-electron chi connectivity index (χ4n) is 4.97. The van der Waals surface area contributed by atoms with Gasteiger partial charge in [-0.3, -0.25) is 4.79 Å². The van der Waals surface area contributed by atoms with Crippen LogP contribution in [0.4, 0.5) is 5.95 Å². The molecule has 2 aromatic carbocycles. The highest BCUT2D eigenvalue weighted by Gasteiger charge is 2.39. The number of rotatable bonds is 5. The van der Waals surface area contributed by atoms with E-state index >= 15 is 0 Å². The number of ketones is 1. The zero-order valence-electron chi connectivity index (χ0n) is 20.0. The molecule has 0 amide bonds. The molecule has 1 N–H and O–H groups in total. The maximum absolute atomic E-state index is 13.7. The molecule has 3 aromatic rings. The number of fused-ring (bicyclic) bond motifs is 1. The lowest BCUT2D eigenvalue weighted by molar-refractivity contribution is -0.116. The Hall–Kier alpha value is -3.81. The molecule has 0 fully saturated rings. The molecular formula is C26H28N4O4. The Labute approximate surface area is 198 Å². The van der Waals surface area contributed by atoms with Gasteiger partial charge in [-0.1, -0.05) is 18.2 Å². The molecule has 2 atom stereocenters. The Bertz CT molecular complexity index is 1280. The van der Waals surface area contributed by atoms with E-state index in [1.165, 1.54) is 17.5 Å². The van der Waals surface area contributed by atoms with Crippen LogP contribution in [0.3, 0.4) is 0 Å². The molecule has 1 aliphatic heterocycles. The lowest BCUT2D eigenvalue weighted by Crippen LogP contribution is -2.33. The van der Waals surface area contributed by atoms with Crippen LogP contribution in [0.5, 0.6) is 17.2 Å². The Morgan fingerprint density at radius 1 is 0.941 bits per heavy atom. The van der Waals surface area contributed by atoms with Gasteiger partial charge in [0.05, 0.1) is 21.3 Å². The van der Waals surface area contributed by atoms with Crippen LogP contribution in [0, 0.1) is 13.8 Å². The fraction of sp³-hybridized carbons (Fsp3) is 0.346. The first-order chi connectivity index (χ1) is 16.4. The van der Waals surface area contributed by atoms with Gasteiger partial charge < -0.3 is 19.5 Å². The smallest absolute Gasteiger partial charge is 0.226 e. The normalized spacial score (nSPS) is 19.3. The zero-order chi connectivity index (χ0) is 24.0. The van der Waals surface area contributed by atoms with E-state index in [0.717, 1.165) is 22.4 Å². The predicted octanol–water partition coefficient (Wildman–Crippen LogP) is 4.34. The summed E-state index contributed by atoms with van der Waals surface area (Å²) in [4.78, 5) is 18.1. The molecule has 0 unspecified atom stereocenters. The summed E-state index contributed by atoms with van der Waals surface area (Å²) in [7, 11) is 4.77. The molecule has 1 aromatic heterocycles. The molecule has 176 valence electrons. The third kappa shape index (κ3) is 3.50. The van der Waals surface area contributed by atoms with Crippen molar-refractivity contribution in [2.45, 2.75) is 38.6 Å². The van der Waals surface area contributed by atoms with Gasteiger partial charge in [-0.2, -0.15) is 10.1 Å². The van der Waals surface area contributed by atoms with Gasteiger partial charge in [-0.05, 0) is 60.6 Å². The van der Waals surface area contributed by atoms with Crippen molar-refractivity contribution in [2.24, 2.45) is 0 Å². The van der Waals surface area contributed by atoms with Crippen LogP contribution in [0.25, 0.3) is 0 Å². The highest BCUT2D eigenvalue weighted by Crippen LogP contribution is 2.47. The average molecular weight is 461 g/mol. The van der Waals surface area contributed by atoms with Gasteiger partial charge in [0.1, 0.15) is 12.4 Å². The minimum Gasteiger partial charge on any atom is -0.493 e. The summed E-state index contributed by atoms with van der Waals surface area (Å²) in [6, 6.07) is 9.86. The number of nitrogens with one attached hydrogen (secondary N) is 1. The number of methoxy groups -OCH3 is 3. The van der Waals surface area contributed by atoms with Crippen LogP contribution in [-0.4, -0.2) is 41.9 Å². The molecule has 2 heterocycles. The maximum atomic E-state index is 13.7. The number of aromatic nitrogens is 3. The van der Waals surface area contributed by atoms with Gasteiger partial charge in [-0.15, -0.1) is 0 Å². The molecule has 5 rings (SSSR count). The van der Waals surface area contributed by atoms with Crippen molar-refractivity contribution in [1.82, 2.24) is 14.8 Å². The highest BCUT2D eigenvalue weighted by molar-refractivity contribution is 6.00. The summed E-state index contributed by atoms with van der Waals surface area (Å²) >= 11 is 0. The lowest BCUT2D eigenvalue weighted by atomic mass is 9.77. The van der Waals surface area contributed by atoms with Crippen molar-refractivity contribution in [3.63, 3.8) is 0 Å². The van der Waals surface area contributed by atoms with Crippen molar-refractivity contribution < 1.29 is 19.0 Å². The summed E-state index contributed by atoms with van der Waals surface area (Å²) in [5.41, 5.74) is 6.03. The summed E-state index contributed by atoms with van der Waals surface area (Å²) in [5.74, 6) is 2.39. The first kappa shape index (κ1) is 22.0. The van der Waals surface area contributed by atoms with Gasteiger partial charge in [0.25, 0.3) is 0 Å². The number of Topliss-reactive ketones (excluding diaryl/α,β-unsaturated/α-hetero) is 1. The van der Waals surface area contributed by atoms with Crippen LogP contribution in [0.1, 0.15) is 47.1 Å². The number of nitrogens with zero attached hydrogens (tertiary/aromatic N) is 3. The Morgan fingerprint density at radius 3 is 2.32 bits per heavy atom. The Balaban J connectivity index is 1.58. The second-order valence-electron chi connectivity index (χ2n) is 8.78. The van der Waals surface area contributed by atoms with Crippen molar-refractivity contribution in [3.8, 4) is 17.2 Å². The molecular weight excluding hydrogens is 432 g/mol. The second kappa shape index (κ2) is 8.52. The SMILES string of the molecule is COc1cc([C@@H]2CC(=O)C3=C(C2)Nc2ncnn2[C@H]3c2ccc(C)c(C)c2)cc(OC)c1OC. The zero-order valence-corrected chi connectivity index (χ0v) is 20.0. The van der Waals surface area contributed by atoms with Crippen molar-refractivity contribution in [3.05, 3.63) is 70.2 Å². The number of hydrogen-bond acceptors (Lipinski definition) is 7. The quantitative estimate of drug-likeness (QED) is 0.606. The fourth-order valence-corrected chi connectivity index (χ4v) is 4.97. The van der Waals surface area contributed by atoms with E-state index in [-0.39, 0.29) is 17.7 Å². The molecule has 8 nitrogen and oxygen atoms in total. The molecule has 0 saturated carbocycles.